The third kappa shape index (κ3) is 1.21. The number of rotatable bonds is 1. The number of fused-ring (bicyclic) bond motifs is 1. The van der Waals surface area contributed by atoms with Gasteiger partial charge in [-0.05, 0) is 11.6 Å². The van der Waals surface area contributed by atoms with Gasteiger partial charge >= 0.3 is 0 Å². The molecule has 0 aromatic heterocycles. The van der Waals surface area contributed by atoms with E-state index in [1.54, 1.807) is 5.01 Å². The first-order valence-electron chi connectivity index (χ1n) is 4.28. The summed E-state index contributed by atoms with van der Waals surface area (Å²) in [6, 6.07) is 7.89. The summed E-state index contributed by atoms with van der Waals surface area (Å²) in [5, 5.41) is 3.52. The molecule has 0 N–H and O–H groups in total. The van der Waals surface area contributed by atoms with Crippen LogP contribution in [0.15, 0.2) is 24.3 Å². The molecule has 0 saturated heterocycles. The Balaban J connectivity index is 2.46. The molecule has 0 spiro atoms. The number of hydrazine groups is 1. The summed E-state index contributed by atoms with van der Waals surface area (Å²) in [7, 11) is 3.75. The summed E-state index contributed by atoms with van der Waals surface area (Å²) in [6.07, 6.45) is 0.522. The quantitative estimate of drug-likeness (QED) is 0.638. The fraction of sp³-hybridized carbons (Fsp3) is 0.300. The fourth-order valence-corrected chi connectivity index (χ4v) is 1.68. The average molecular weight is 176 g/mol. The number of para-hydroxylation sites is 1. The predicted octanol–water partition coefficient (Wildman–Crippen LogP) is 1.05. The van der Waals surface area contributed by atoms with Crippen LogP contribution in [0.4, 0.5) is 5.69 Å². The summed E-state index contributed by atoms with van der Waals surface area (Å²) in [5.74, 6) is 0.145. The predicted molar refractivity (Wildman–Crippen MR) is 51.3 cm³/mol. The van der Waals surface area contributed by atoms with E-state index in [2.05, 4.69) is 0 Å². The van der Waals surface area contributed by atoms with Crippen molar-refractivity contribution in [3.63, 3.8) is 0 Å². The molecule has 1 aromatic rings. The Labute approximate surface area is 77.5 Å². The number of hydrogen-bond acceptors (Lipinski definition) is 2. The highest BCUT2D eigenvalue weighted by molar-refractivity contribution is 6.00. The van der Waals surface area contributed by atoms with Gasteiger partial charge in [-0.25, -0.2) is 10.0 Å². The van der Waals surface area contributed by atoms with Gasteiger partial charge in [-0.3, -0.25) is 4.79 Å². The summed E-state index contributed by atoms with van der Waals surface area (Å²) >= 11 is 0. The summed E-state index contributed by atoms with van der Waals surface area (Å²) in [5.41, 5.74) is 2.12. The maximum Gasteiger partial charge on any atom is 0.246 e. The van der Waals surface area contributed by atoms with Crippen molar-refractivity contribution in [1.82, 2.24) is 5.01 Å². The van der Waals surface area contributed by atoms with Gasteiger partial charge in [0.1, 0.15) is 0 Å². The second-order valence-electron chi connectivity index (χ2n) is 3.36. The number of benzene rings is 1. The van der Waals surface area contributed by atoms with Gasteiger partial charge in [-0.2, -0.15) is 0 Å². The molecule has 3 nitrogen and oxygen atoms in total. The maximum absolute atomic E-state index is 11.6. The van der Waals surface area contributed by atoms with Crippen LogP contribution in [0.2, 0.25) is 0 Å². The van der Waals surface area contributed by atoms with Gasteiger partial charge in [0.25, 0.3) is 0 Å². The van der Waals surface area contributed by atoms with Crippen LogP contribution in [0.5, 0.6) is 0 Å². The maximum atomic E-state index is 11.6. The van der Waals surface area contributed by atoms with E-state index in [-0.39, 0.29) is 5.91 Å². The minimum atomic E-state index is 0.145. The van der Waals surface area contributed by atoms with Gasteiger partial charge in [-0.1, -0.05) is 18.2 Å². The van der Waals surface area contributed by atoms with Crippen LogP contribution in [0, 0.1) is 0 Å². The highest BCUT2D eigenvalue weighted by Gasteiger charge is 2.27. The Kier molecular flexibility index (Phi) is 1.81. The lowest BCUT2D eigenvalue weighted by atomic mass is 10.2. The van der Waals surface area contributed by atoms with Crippen LogP contribution < -0.4 is 5.01 Å². The molecule has 3 heteroatoms. The van der Waals surface area contributed by atoms with Crippen molar-refractivity contribution >= 4 is 11.6 Å². The SMILES string of the molecule is CN(C)N1C(=O)Cc2ccccc21. The van der Waals surface area contributed by atoms with Crippen molar-refractivity contribution < 1.29 is 4.79 Å². The first kappa shape index (κ1) is 8.26. The molecule has 0 unspecified atom stereocenters. The lowest BCUT2D eigenvalue weighted by Crippen LogP contribution is -2.39. The van der Waals surface area contributed by atoms with Crippen LogP contribution in [0.25, 0.3) is 0 Å². The molecule has 0 radical (unpaired) electrons. The molecule has 68 valence electrons. The van der Waals surface area contributed by atoms with Gasteiger partial charge in [0.15, 0.2) is 0 Å². The normalized spacial score (nSPS) is 15.3. The van der Waals surface area contributed by atoms with E-state index in [1.165, 1.54) is 0 Å². The minimum absolute atomic E-state index is 0.145. The van der Waals surface area contributed by atoms with E-state index in [9.17, 15) is 4.79 Å². The summed E-state index contributed by atoms with van der Waals surface area (Å²) in [6.45, 7) is 0. The second kappa shape index (κ2) is 2.85. The van der Waals surface area contributed by atoms with Crippen LogP contribution in [-0.2, 0) is 11.2 Å². The molecule has 0 bridgehead atoms. The van der Waals surface area contributed by atoms with Crippen LogP contribution in [0.3, 0.4) is 0 Å². The lowest BCUT2D eigenvalue weighted by molar-refractivity contribution is -0.119. The van der Waals surface area contributed by atoms with Gasteiger partial charge in [0.05, 0.1) is 12.1 Å². The molecule has 1 heterocycles. The Hall–Kier alpha value is -1.35. The Morgan fingerprint density at radius 3 is 2.69 bits per heavy atom. The molecule has 1 aromatic carbocycles. The van der Waals surface area contributed by atoms with Crippen molar-refractivity contribution in [2.24, 2.45) is 0 Å². The van der Waals surface area contributed by atoms with Crippen LogP contribution in [-0.4, -0.2) is 25.0 Å². The first-order chi connectivity index (χ1) is 6.20. The monoisotopic (exact) mass is 176 g/mol. The largest absolute Gasteiger partial charge is 0.273 e. The molecule has 1 aliphatic rings. The van der Waals surface area contributed by atoms with Crippen molar-refractivity contribution in [3.8, 4) is 0 Å². The lowest BCUT2D eigenvalue weighted by Gasteiger charge is -2.24. The van der Waals surface area contributed by atoms with E-state index in [1.807, 2.05) is 43.4 Å². The fourth-order valence-electron chi connectivity index (χ4n) is 1.68. The topological polar surface area (TPSA) is 23.6 Å². The Bertz CT molecular complexity index is 347. The molecular weight excluding hydrogens is 164 g/mol. The zero-order valence-electron chi connectivity index (χ0n) is 7.82. The van der Waals surface area contributed by atoms with Crippen molar-refractivity contribution in [1.29, 1.82) is 0 Å². The van der Waals surface area contributed by atoms with E-state index >= 15 is 0 Å². The van der Waals surface area contributed by atoms with Crippen LogP contribution >= 0.6 is 0 Å². The molecule has 0 aliphatic carbocycles. The second-order valence-corrected chi connectivity index (χ2v) is 3.36. The van der Waals surface area contributed by atoms with Crippen molar-refractivity contribution in [3.05, 3.63) is 29.8 Å². The van der Waals surface area contributed by atoms with Gasteiger partial charge < -0.3 is 0 Å². The highest BCUT2D eigenvalue weighted by Crippen LogP contribution is 2.28. The minimum Gasteiger partial charge on any atom is -0.273 e. The number of nitrogens with zero attached hydrogens (tertiary/aromatic N) is 2. The average Bonchev–Trinajstić information content (AvgIpc) is 2.39. The van der Waals surface area contributed by atoms with E-state index in [0.29, 0.717) is 6.42 Å². The number of amides is 1. The van der Waals surface area contributed by atoms with Gasteiger partial charge in [-0.15, -0.1) is 0 Å². The molecule has 2 rings (SSSR count). The van der Waals surface area contributed by atoms with Gasteiger partial charge in [0, 0.05) is 14.1 Å². The standard InChI is InChI=1S/C10H12N2O/c1-11(2)12-9-6-4-3-5-8(9)7-10(12)13/h3-6H,7H2,1-2H3. The molecule has 13 heavy (non-hydrogen) atoms. The zero-order valence-corrected chi connectivity index (χ0v) is 7.82. The van der Waals surface area contributed by atoms with E-state index < -0.39 is 0 Å². The van der Waals surface area contributed by atoms with E-state index in [4.69, 9.17) is 0 Å². The van der Waals surface area contributed by atoms with E-state index in [0.717, 1.165) is 11.3 Å². The van der Waals surface area contributed by atoms with Crippen molar-refractivity contribution in [2.75, 3.05) is 19.1 Å². The molecule has 0 atom stereocenters. The number of anilines is 1. The zero-order chi connectivity index (χ0) is 9.42. The third-order valence-corrected chi connectivity index (χ3v) is 2.20. The number of hydrogen-bond donors (Lipinski definition) is 0. The molecule has 1 amide bonds. The third-order valence-electron chi connectivity index (χ3n) is 2.20. The van der Waals surface area contributed by atoms with Crippen LogP contribution in [0.1, 0.15) is 5.56 Å². The smallest absolute Gasteiger partial charge is 0.246 e. The molecule has 0 fully saturated rings. The van der Waals surface area contributed by atoms with Crippen molar-refractivity contribution in [2.45, 2.75) is 6.42 Å². The number of carbonyl (C=O) groups excluding carboxylic acids is 1. The summed E-state index contributed by atoms with van der Waals surface area (Å²) in [4.78, 5) is 11.6. The Morgan fingerprint density at radius 2 is 2.00 bits per heavy atom. The number of carbonyl (C=O) groups is 1. The summed E-state index contributed by atoms with van der Waals surface area (Å²) < 4.78 is 0. The molecule has 0 saturated carbocycles. The highest BCUT2D eigenvalue weighted by atomic mass is 16.2. The molecular formula is C10H12N2O. The van der Waals surface area contributed by atoms with Gasteiger partial charge in [0.2, 0.25) is 5.91 Å². The molecule has 1 aliphatic heterocycles. The Morgan fingerprint density at radius 1 is 1.31 bits per heavy atom. The first-order valence-corrected chi connectivity index (χ1v) is 4.28.